The second kappa shape index (κ2) is 7.18. The molecule has 8 heteroatoms. The fourth-order valence-electron chi connectivity index (χ4n) is 2.07. The number of nitrogens with one attached hydrogen (secondary N) is 1. The van der Waals surface area contributed by atoms with Gasteiger partial charge in [0, 0.05) is 0 Å². The topological polar surface area (TPSA) is 90.4 Å². The highest BCUT2D eigenvalue weighted by atomic mass is 35.5. The van der Waals surface area contributed by atoms with E-state index in [0.29, 0.717) is 22.4 Å². The first-order valence-electron chi connectivity index (χ1n) is 7.11. The zero-order valence-corrected chi connectivity index (χ0v) is 13.5. The number of carbonyl (C=O) groups excluding carboxylic acids is 1. The van der Waals surface area contributed by atoms with Gasteiger partial charge in [-0.2, -0.15) is 4.98 Å². The fourth-order valence-corrected chi connectivity index (χ4v) is 2.35. The zero-order chi connectivity index (χ0) is 16.9. The summed E-state index contributed by atoms with van der Waals surface area (Å²) in [7, 11) is 1.54. The molecule has 2 heterocycles. The number of carbonyl (C=O) groups is 1. The van der Waals surface area contributed by atoms with E-state index in [1.165, 1.54) is 13.4 Å². The van der Waals surface area contributed by atoms with Gasteiger partial charge in [-0.1, -0.05) is 22.8 Å². The summed E-state index contributed by atoms with van der Waals surface area (Å²) in [6.07, 6.45) is 1.70. The molecule has 0 unspecified atom stereocenters. The van der Waals surface area contributed by atoms with E-state index >= 15 is 0 Å². The van der Waals surface area contributed by atoms with Crippen LogP contribution in [-0.4, -0.2) is 23.2 Å². The van der Waals surface area contributed by atoms with Crippen LogP contribution in [0.15, 0.2) is 45.5 Å². The van der Waals surface area contributed by atoms with Crippen molar-refractivity contribution in [2.24, 2.45) is 0 Å². The summed E-state index contributed by atoms with van der Waals surface area (Å²) in [5.74, 6) is 1.50. The van der Waals surface area contributed by atoms with Gasteiger partial charge in [0.25, 0.3) is 5.89 Å². The van der Waals surface area contributed by atoms with Gasteiger partial charge in [0.1, 0.15) is 5.75 Å². The van der Waals surface area contributed by atoms with Crippen LogP contribution in [0.1, 0.15) is 11.4 Å². The average Bonchev–Trinajstić information content (AvgIpc) is 3.24. The second-order valence-electron chi connectivity index (χ2n) is 4.92. The molecule has 0 aliphatic heterocycles. The molecule has 1 N–H and O–H groups in total. The first-order chi connectivity index (χ1) is 11.7. The Bertz CT molecular complexity index is 830. The van der Waals surface area contributed by atoms with Crippen LogP contribution in [0.5, 0.6) is 5.75 Å². The molecule has 0 fully saturated rings. The Morgan fingerprint density at radius 2 is 2.25 bits per heavy atom. The maximum atomic E-state index is 12.0. The highest BCUT2D eigenvalue weighted by molar-refractivity contribution is 6.32. The monoisotopic (exact) mass is 347 g/mol. The third kappa shape index (κ3) is 3.75. The standard InChI is InChI=1S/C16H14ClN3O4/c1-22-12-5-4-10(7-11(12)17)8-15(21)18-9-14-19-16(24-20-14)13-3-2-6-23-13/h2-7H,8-9H2,1H3,(H,18,21). The van der Waals surface area contributed by atoms with Crippen molar-refractivity contribution in [3.8, 4) is 17.4 Å². The Balaban J connectivity index is 1.55. The van der Waals surface area contributed by atoms with E-state index in [-0.39, 0.29) is 24.8 Å². The van der Waals surface area contributed by atoms with Crippen LogP contribution in [0.25, 0.3) is 11.7 Å². The molecule has 0 spiro atoms. The van der Waals surface area contributed by atoms with E-state index in [2.05, 4.69) is 15.5 Å². The van der Waals surface area contributed by atoms with Crippen molar-refractivity contribution in [2.75, 3.05) is 7.11 Å². The zero-order valence-electron chi connectivity index (χ0n) is 12.8. The molecule has 1 amide bonds. The third-order valence-corrected chi connectivity index (χ3v) is 3.52. The number of benzene rings is 1. The van der Waals surface area contributed by atoms with Crippen molar-refractivity contribution < 1.29 is 18.5 Å². The lowest BCUT2D eigenvalue weighted by molar-refractivity contribution is -0.120. The van der Waals surface area contributed by atoms with E-state index in [9.17, 15) is 4.79 Å². The van der Waals surface area contributed by atoms with Crippen LogP contribution in [-0.2, 0) is 17.8 Å². The van der Waals surface area contributed by atoms with E-state index in [4.69, 9.17) is 25.3 Å². The number of nitrogens with zero attached hydrogens (tertiary/aromatic N) is 2. The smallest absolute Gasteiger partial charge is 0.293 e. The predicted molar refractivity (Wildman–Crippen MR) is 85.6 cm³/mol. The van der Waals surface area contributed by atoms with E-state index in [0.717, 1.165) is 5.56 Å². The summed E-state index contributed by atoms with van der Waals surface area (Å²) in [6, 6.07) is 8.64. The van der Waals surface area contributed by atoms with Crippen LogP contribution >= 0.6 is 11.6 Å². The molecule has 7 nitrogen and oxygen atoms in total. The third-order valence-electron chi connectivity index (χ3n) is 3.22. The molecule has 0 saturated carbocycles. The Kier molecular flexibility index (Phi) is 4.81. The molecular weight excluding hydrogens is 334 g/mol. The van der Waals surface area contributed by atoms with Gasteiger partial charge in [-0.3, -0.25) is 4.79 Å². The van der Waals surface area contributed by atoms with Crippen molar-refractivity contribution in [1.29, 1.82) is 0 Å². The molecule has 1 aromatic carbocycles. The molecule has 0 aliphatic rings. The summed E-state index contributed by atoms with van der Waals surface area (Å²) in [6.45, 7) is 0.160. The molecule has 0 saturated heterocycles. The summed E-state index contributed by atoms with van der Waals surface area (Å²) in [5.41, 5.74) is 0.780. The lowest BCUT2D eigenvalue weighted by Gasteiger charge is -2.06. The van der Waals surface area contributed by atoms with Gasteiger partial charge >= 0.3 is 0 Å². The average molecular weight is 348 g/mol. The first-order valence-corrected chi connectivity index (χ1v) is 7.49. The molecule has 0 aliphatic carbocycles. The van der Waals surface area contributed by atoms with Gasteiger partial charge in [-0.25, -0.2) is 0 Å². The fraction of sp³-hybridized carbons (Fsp3) is 0.188. The number of ether oxygens (including phenoxy) is 1. The highest BCUT2D eigenvalue weighted by Crippen LogP contribution is 2.25. The number of hydrogen-bond acceptors (Lipinski definition) is 6. The lowest BCUT2D eigenvalue weighted by Crippen LogP contribution is -2.25. The highest BCUT2D eigenvalue weighted by Gasteiger charge is 2.12. The number of hydrogen-bond donors (Lipinski definition) is 1. The Morgan fingerprint density at radius 1 is 1.38 bits per heavy atom. The largest absolute Gasteiger partial charge is 0.495 e. The molecule has 0 atom stereocenters. The number of methoxy groups -OCH3 is 1. The molecule has 2 aromatic heterocycles. The molecular formula is C16H14ClN3O4. The van der Waals surface area contributed by atoms with E-state index in [1.807, 2.05) is 0 Å². The minimum absolute atomic E-state index is 0.160. The van der Waals surface area contributed by atoms with E-state index in [1.54, 1.807) is 30.3 Å². The van der Waals surface area contributed by atoms with Gasteiger partial charge in [0.15, 0.2) is 11.6 Å². The number of aromatic nitrogens is 2. The lowest BCUT2D eigenvalue weighted by atomic mass is 10.1. The van der Waals surface area contributed by atoms with Gasteiger partial charge < -0.3 is 19.0 Å². The predicted octanol–water partition coefficient (Wildman–Crippen LogP) is 2.85. The minimum atomic E-state index is -0.180. The van der Waals surface area contributed by atoms with Crippen LogP contribution in [0, 0.1) is 0 Å². The molecule has 124 valence electrons. The van der Waals surface area contributed by atoms with Gasteiger partial charge in [-0.05, 0) is 29.8 Å². The number of rotatable bonds is 6. The summed E-state index contributed by atoms with van der Waals surface area (Å²) >= 11 is 6.04. The maximum Gasteiger partial charge on any atom is 0.293 e. The molecule has 0 radical (unpaired) electrons. The van der Waals surface area contributed by atoms with E-state index < -0.39 is 0 Å². The first kappa shape index (κ1) is 16.1. The SMILES string of the molecule is COc1ccc(CC(=O)NCc2noc(-c3ccco3)n2)cc1Cl. The second-order valence-corrected chi connectivity index (χ2v) is 5.32. The summed E-state index contributed by atoms with van der Waals surface area (Å²) < 4.78 is 15.3. The maximum absolute atomic E-state index is 12.0. The van der Waals surface area contributed by atoms with Crippen molar-refractivity contribution >= 4 is 17.5 Å². The number of furan rings is 1. The minimum Gasteiger partial charge on any atom is -0.495 e. The van der Waals surface area contributed by atoms with Crippen molar-refractivity contribution in [2.45, 2.75) is 13.0 Å². The van der Waals surface area contributed by atoms with Gasteiger partial charge in [-0.15, -0.1) is 0 Å². The summed E-state index contributed by atoms with van der Waals surface area (Å²) in [5, 5.41) is 6.98. The van der Waals surface area contributed by atoms with Gasteiger partial charge in [0.05, 0.1) is 31.4 Å². The van der Waals surface area contributed by atoms with Crippen LogP contribution in [0.3, 0.4) is 0 Å². The van der Waals surface area contributed by atoms with Crippen LogP contribution in [0.2, 0.25) is 5.02 Å². The Hall–Kier alpha value is -2.80. The number of amides is 1. The Labute approximate surface area is 142 Å². The molecule has 3 aromatic rings. The summed E-state index contributed by atoms with van der Waals surface area (Å²) in [4.78, 5) is 16.1. The van der Waals surface area contributed by atoms with Crippen molar-refractivity contribution in [1.82, 2.24) is 15.5 Å². The quantitative estimate of drug-likeness (QED) is 0.737. The number of halogens is 1. The van der Waals surface area contributed by atoms with Crippen LogP contribution < -0.4 is 10.1 Å². The molecule has 0 bridgehead atoms. The molecule has 24 heavy (non-hydrogen) atoms. The normalized spacial score (nSPS) is 10.6. The van der Waals surface area contributed by atoms with Crippen LogP contribution in [0.4, 0.5) is 0 Å². The van der Waals surface area contributed by atoms with Crippen molar-refractivity contribution in [3.05, 3.63) is 53.0 Å². The Morgan fingerprint density at radius 3 is 2.96 bits per heavy atom. The van der Waals surface area contributed by atoms with Gasteiger partial charge in [0.2, 0.25) is 5.91 Å². The van der Waals surface area contributed by atoms with Crippen molar-refractivity contribution in [3.63, 3.8) is 0 Å². The molecule has 3 rings (SSSR count).